The molecule has 2 aromatic carbocycles. The predicted octanol–water partition coefficient (Wildman–Crippen LogP) is 2.74. The lowest BCUT2D eigenvalue weighted by atomic mass is 10.0. The van der Waals surface area contributed by atoms with Crippen LogP contribution >= 0.6 is 0 Å². The van der Waals surface area contributed by atoms with Gasteiger partial charge in [-0.05, 0) is 30.5 Å². The molecule has 4 heteroatoms. The zero-order valence-electron chi connectivity index (χ0n) is 12.2. The van der Waals surface area contributed by atoms with E-state index in [9.17, 15) is 14.7 Å². The normalized spacial score (nSPS) is 22.9. The molecule has 2 unspecified atom stereocenters. The van der Waals surface area contributed by atoms with Crippen LogP contribution in [0.5, 0.6) is 0 Å². The van der Waals surface area contributed by atoms with Crippen molar-refractivity contribution in [3.63, 3.8) is 0 Å². The fourth-order valence-electron chi connectivity index (χ4n) is 2.88. The predicted molar refractivity (Wildman–Crippen MR) is 82.8 cm³/mol. The van der Waals surface area contributed by atoms with E-state index in [1.54, 1.807) is 12.1 Å². The molecule has 3 rings (SSSR count). The lowest BCUT2D eigenvalue weighted by molar-refractivity contribution is -0.140. The second-order valence-corrected chi connectivity index (χ2v) is 5.71. The highest BCUT2D eigenvalue weighted by Gasteiger charge is 2.62. The zero-order chi connectivity index (χ0) is 15.7. The van der Waals surface area contributed by atoms with Crippen molar-refractivity contribution in [1.29, 1.82) is 0 Å². The van der Waals surface area contributed by atoms with Crippen molar-refractivity contribution in [3.8, 4) is 0 Å². The molecule has 0 heterocycles. The number of benzene rings is 2. The van der Waals surface area contributed by atoms with Gasteiger partial charge in [-0.25, -0.2) is 4.79 Å². The molecule has 0 aromatic heterocycles. The lowest BCUT2D eigenvalue weighted by Gasteiger charge is -2.16. The summed E-state index contributed by atoms with van der Waals surface area (Å²) in [6.07, 6.45) is 0.421. The van der Waals surface area contributed by atoms with Crippen LogP contribution in [0.15, 0.2) is 54.6 Å². The molecule has 0 aliphatic heterocycles. The monoisotopic (exact) mass is 295 g/mol. The van der Waals surface area contributed by atoms with Crippen molar-refractivity contribution in [2.24, 2.45) is 0 Å². The Morgan fingerprint density at radius 2 is 1.73 bits per heavy atom. The maximum Gasteiger partial charge on any atom is 0.330 e. The molecular formula is C18H17NO3. The van der Waals surface area contributed by atoms with Crippen molar-refractivity contribution in [2.45, 2.75) is 24.8 Å². The lowest BCUT2D eigenvalue weighted by Crippen LogP contribution is -2.44. The third kappa shape index (κ3) is 2.37. The molecule has 1 fully saturated rings. The number of hydrogen-bond donors (Lipinski definition) is 2. The van der Waals surface area contributed by atoms with Crippen molar-refractivity contribution in [1.82, 2.24) is 5.32 Å². The van der Waals surface area contributed by atoms with E-state index in [-0.39, 0.29) is 11.8 Å². The standard InChI is InChI=1S/C18H17NO3/c1-12-7-5-6-10-14(12)16(20)19-18(17(21)22)11-15(18)13-8-3-2-4-9-13/h2-10,15H,11H2,1H3,(H,19,20)(H,21,22). The zero-order valence-corrected chi connectivity index (χ0v) is 12.2. The first-order valence-corrected chi connectivity index (χ1v) is 7.21. The van der Waals surface area contributed by atoms with Crippen molar-refractivity contribution in [2.75, 3.05) is 0 Å². The fourth-order valence-corrected chi connectivity index (χ4v) is 2.88. The minimum Gasteiger partial charge on any atom is -0.479 e. The Balaban J connectivity index is 1.85. The number of hydrogen-bond acceptors (Lipinski definition) is 2. The first-order chi connectivity index (χ1) is 10.5. The summed E-state index contributed by atoms with van der Waals surface area (Å²) in [7, 11) is 0. The van der Waals surface area contributed by atoms with Crippen LogP contribution < -0.4 is 5.32 Å². The van der Waals surface area contributed by atoms with Gasteiger partial charge in [-0.1, -0.05) is 48.5 Å². The summed E-state index contributed by atoms with van der Waals surface area (Å²) >= 11 is 0. The molecule has 2 N–H and O–H groups in total. The number of carbonyl (C=O) groups is 2. The highest BCUT2D eigenvalue weighted by atomic mass is 16.4. The summed E-state index contributed by atoms with van der Waals surface area (Å²) in [5.74, 6) is -1.50. The molecule has 0 bridgehead atoms. The van der Waals surface area contributed by atoms with Crippen molar-refractivity contribution < 1.29 is 14.7 Å². The van der Waals surface area contributed by atoms with Crippen LogP contribution in [0.25, 0.3) is 0 Å². The van der Waals surface area contributed by atoms with Crippen LogP contribution in [-0.2, 0) is 4.79 Å². The highest BCUT2D eigenvalue weighted by Crippen LogP contribution is 2.51. The summed E-state index contributed by atoms with van der Waals surface area (Å²) in [4.78, 5) is 24.1. The van der Waals surface area contributed by atoms with Crippen LogP contribution in [0.3, 0.4) is 0 Å². The van der Waals surface area contributed by atoms with Gasteiger partial charge in [-0.2, -0.15) is 0 Å². The molecular weight excluding hydrogens is 278 g/mol. The Morgan fingerprint density at radius 1 is 1.09 bits per heavy atom. The molecule has 4 nitrogen and oxygen atoms in total. The minimum absolute atomic E-state index is 0.181. The van der Waals surface area contributed by atoms with E-state index in [4.69, 9.17) is 0 Å². The van der Waals surface area contributed by atoms with Gasteiger partial charge in [0.05, 0.1) is 0 Å². The van der Waals surface area contributed by atoms with Gasteiger partial charge in [0.25, 0.3) is 5.91 Å². The molecule has 2 atom stereocenters. The maximum absolute atomic E-state index is 12.4. The number of carbonyl (C=O) groups excluding carboxylic acids is 1. The average Bonchev–Trinajstić information content (AvgIpc) is 3.24. The molecule has 0 saturated heterocycles. The number of carboxylic acid groups (broad SMARTS) is 1. The summed E-state index contributed by atoms with van der Waals surface area (Å²) in [5, 5.41) is 12.3. The second kappa shape index (κ2) is 5.30. The van der Waals surface area contributed by atoms with Crippen LogP contribution in [-0.4, -0.2) is 22.5 Å². The number of nitrogens with one attached hydrogen (secondary N) is 1. The number of aryl methyl sites for hydroxylation is 1. The summed E-state index contributed by atoms with van der Waals surface area (Å²) in [5.41, 5.74) is 1.09. The van der Waals surface area contributed by atoms with Crippen LogP contribution in [0.4, 0.5) is 0 Å². The number of rotatable bonds is 4. The van der Waals surface area contributed by atoms with Gasteiger partial charge in [0, 0.05) is 11.5 Å². The third-order valence-corrected chi connectivity index (χ3v) is 4.27. The second-order valence-electron chi connectivity index (χ2n) is 5.71. The van der Waals surface area contributed by atoms with Gasteiger partial charge in [0.1, 0.15) is 5.54 Å². The van der Waals surface area contributed by atoms with E-state index in [0.29, 0.717) is 12.0 Å². The topological polar surface area (TPSA) is 66.4 Å². The quantitative estimate of drug-likeness (QED) is 0.911. The molecule has 112 valence electrons. The van der Waals surface area contributed by atoms with E-state index in [1.807, 2.05) is 49.4 Å². The fraction of sp³-hybridized carbons (Fsp3) is 0.222. The Kier molecular flexibility index (Phi) is 3.45. The smallest absolute Gasteiger partial charge is 0.330 e. The molecule has 0 spiro atoms. The Labute approximate surface area is 128 Å². The average molecular weight is 295 g/mol. The third-order valence-electron chi connectivity index (χ3n) is 4.27. The Bertz CT molecular complexity index is 726. The van der Waals surface area contributed by atoms with Crippen LogP contribution in [0.2, 0.25) is 0 Å². The Hall–Kier alpha value is -2.62. The number of carboxylic acids is 1. The van der Waals surface area contributed by atoms with E-state index in [2.05, 4.69) is 5.32 Å². The van der Waals surface area contributed by atoms with Crippen LogP contribution in [0.1, 0.15) is 33.8 Å². The van der Waals surface area contributed by atoms with Gasteiger partial charge >= 0.3 is 5.97 Å². The first kappa shape index (κ1) is 14.3. The van der Waals surface area contributed by atoms with Gasteiger partial charge in [-0.3, -0.25) is 4.79 Å². The number of aliphatic carboxylic acids is 1. The number of amides is 1. The first-order valence-electron chi connectivity index (χ1n) is 7.21. The molecule has 0 radical (unpaired) electrons. The minimum atomic E-state index is -1.19. The van der Waals surface area contributed by atoms with E-state index in [0.717, 1.165) is 11.1 Å². The van der Waals surface area contributed by atoms with E-state index >= 15 is 0 Å². The largest absolute Gasteiger partial charge is 0.479 e. The van der Waals surface area contributed by atoms with Crippen LogP contribution in [0, 0.1) is 6.92 Å². The summed E-state index contributed by atoms with van der Waals surface area (Å²) in [6, 6.07) is 16.6. The van der Waals surface area contributed by atoms with Gasteiger partial charge in [0.2, 0.25) is 0 Å². The molecule has 1 aliphatic rings. The Morgan fingerprint density at radius 3 is 2.36 bits per heavy atom. The summed E-state index contributed by atoms with van der Waals surface area (Å²) in [6.45, 7) is 1.84. The van der Waals surface area contributed by atoms with Crippen molar-refractivity contribution in [3.05, 3.63) is 71.3 Å². The molecule has 22 heavy (non-hydrogen) atoms. The molecule has 1 amide bonds. The van der Waals surface area contributed by atoms with E-state index in [1.165, 1.54) is 0 Å². The van der Waals surface area contributed by atoms with Gasteiger partial charge in [-0.15, -0.1) is 0 Å². The molecule has 1 saturated carbocycles. The van der Waals surface area contributed by atoms with E-state index < -0.39 is 11.5 Å². The van der Waals surface area contributed by atoms with Gasteiger partial charge in [0.15, 0.2) is 0 Å². The molecule has 2 aromatic rings. The van der Waals surface area contributed by atoms with Gasteiger partial charge < -0.3 is 10.4 Å². The molecule has 1 aliphatic carbocycles. The maximum atomic E-state index is 12.4. The highest BCUT2D eigenvalue weighted by molar-refractivity contribution is 6.00. The summed E-state index contributed by atoms with van der Waals surface area (Å²) < 4.78 is 0. The van der Waals surface area contributed by atoms with Crippen molar-refractivity contribution >= 4 is 11.9 Å². The SMILES string of the molecule is Cc1ccccc1C(=O)NC1(C(=O)O)CC1c1ccccc1.